The van der Waals surface area contributed by atoms with Crippen LogP contribution in [0.3, 0.4) is 0 Å². The summed E-state index contributed by atoms with van der Waals surface area (Å²) in [5.74, 6) is -0.485. The zero-order valence-electron chi connectivity index (χ0n) is 11.5. The monoisotopic (exact) mass is 340 g/mol. The van der Waals surface area contributed by atoms with Gasteiger partial charge in [0.2, 0.25) is 5.91 Å². The second kappa shape index (κ2) is 7.77. The van der Waals surface area contributed by atoms with E-state index >= 15 is 0 Å². The van der Waals surface area contributed by atoms with Crippen molar-refractivity contribution in [2.24, 2.45) is 11.7 Å². The molecule has 1 unspecified atom stereocenters. The molecule has 21 heavy (non-hydrogen) atoms. The summed E-state index contributed by atoms with van der Waals surface area (Å²) in [6.07, 6.45) is 0.127. The van der Waals surface area contributed by atoms with Crippen molar-refractivity contribution >= 4 is 34.8 Å². The van der Waals surface area contributed by atoms with E-state index in [0.29, 0.717) is 0 Å². The maximum absolute atomic E-state index is 12.2. The van der Waals surface area contributed by atoms with Crippen molar-refractivity contribution in [1.82, 2.24) is 0 Å². The molecule has 8 heteroatoms. The lowest BCUT2D eigenvalue weighted by molar-refractivity contribution is -0.116. The second-order valence-electron chi connectivity index (χ2n) is 4.81. The molecule has 0 saturated carbocycles. The number of anilines is 1. The maximum atomic E-state index is 12.2. The fourth-order valence-electron chi connectivity index (χ4n) is 1.50. The van der Waals surface area contributed by atoms with E-state index in [1.165, 1.54) is 12.1 Å². The predicted molar refractivity (Wildman–Crippen MR) is 79.2 cm³/mol. The number of halogens is 4. The first-order valence-corrected chi connectivity index (χ1v) is 6.95. The van der Waals surface area contributed by atoms with Gasteiger partial charge in [0.1, 0.15) is 0 Å². The Hall–Kier alpha value is -1.11. The van der Waals surface area contributed by atoms with E-state index < -0.39 is 6.61 Å². The van der Waals surface area contributed by atoms with Crippen molar-refractivity contribution < 1.29 is 18.3 Å². The van der Waals surface area contributed by atoms with Crippen molar-refractivity contribution in [2.75, 3.05) is 5.32 Å². The third-order valence-electron chi connectivity index (χ3n) is 2.77. The molecule has 0 aliphatic rings. The van der Waals surface area contributed by atoms with Crippen molar-refractivity contribution in [2.45, 2.75) is 32.9 Å². The fourth-order valence-corrected chi connectivity index (χ4v) is 2.07. The molecule has 0 radical (unpaired) electrons. The Morgan fingerprint density at radius 3 is 2.29 bits per heavy atom. The van der Waals surface area contributed by atoms with Crippen molar-refractivity contribution in [3.63, 3.8) is 0 Å². The van der Waals surface area contributed by atoms with Crippen LogP contribution in [0.2, 0.25) is 10.0 Å². The van der Waals surface area contributed by atoms with Gasteiger partial charge in [0.15, 0.2) is 5.75 Å². The van der Waals surface area contributed by atoms with Gasteiger partial charge >= 0.3 is 6.61 Å². The molecule has 3 N–H and O–H groups in total. The number of hydrogen-bond acceptors (Lipinski definition) is 3. The molecule has 118 valence electrons. The minimum Gasteiger partial charge on any atom is -0.432 e. The van der Waals surface area contributed by atoms with Gasteiger partial charge in [-0.2, -0.15) is 8.78 Å². The standard InChI is InChI=1S/C13H16Cl2F2N2O2/c1-6(2)10(18)5-11(20)19-7-3-8(14)12(9(15)4-7)21-13(16)17/h3-4,6,10,13H,5,18H2,1-2H3,(H,19,20). The summed E-state index contributed by atoms with van der Waals surface area (Å²) in [5.41, 5.74) is 6.08. The average molecular weight is 341 g/mol. The molecule has 0 spiro atoms. The van der Waals surface area contributed by atoms with Gasteiger partial charge in [0.25, 0.3) is 0 Å². The molecule has 0 heterocycles. The van der Waals surface area contributed by atoms with E-state index in [0.717, 1.165) is 0 Å². The van der Waals surface area contributed by atoms with E-state index in [1.54, 1.807) is 0 Å². The van der Waals surface area contributed by atoms with Crippen LogP contribution in [-0.4, -0.2) is 18.6 Å². The third kappa shape index (κ3) is 5.65. The third-order valence-corrected chi connectivity index (χ3v) is 3.33. The number of ether oxygens (including phenoxy) is 1. The van der Waals surface area contributed by atoms with Crippen LogP contribution in [0, 0.1) is 5.92 Å². The topological polar surface area (TPSA) is 64.4 Å². The molecule has 1 atom stereocenters. The summed E-state index contributed by atoms with van der Waals surface area (Å²) in [7, 11) is 0. The van der Waals surface area contributed by atoms with Gasteiger partial charge in [-0.1, -0.05) is 37.0 Å². The molecule has 0 aromatic heterocycles. The first-order valence-electron chi connectivity index (χ1n) is 6.20. The number of nitrogens with one attached hydrogen (secondary N) is 1. The SMILES string of the molecule is CC(C)C(N)CC(=O)Nc1cc(Cl)c(OC(F)F)c(Cl)c1. The maximum Gasteiger partial charge on any atom is 0.387 e. The Labute approximate surface area is 131 Å². The van der Waals surface area contributed by atoms with E-state index in [1.807, 2.05) is 13.8 Å². The van der Waals surface area contributed by atoms with Gasteiger partial charge in [-0.25, -0.2) is 0 Å². The summed E-state index contributed by atoms with van der Waals surface area (Å²) in [6.45, 7) is 0.772. The minimum atomic E-state index is -3.04. The fraction of sp³-hybridized carbons (Fsp3) is 0.462. The number of alkyl halides is 2. The number of nitrogens with two attached hydrogens (primary N) is 1. The van der Waals surface area contributed by atoms with Crippen LogP contribution in [0.1, 0.15) is 20.3 Å². The summed E-state index contributed by atoms with van der Waals surface area (Å²) in [4.78, 5) is 11.8. The van der Waals surface area contributed by atoms with Crippen molar-refractivity contribution in [3.8, 4) is 5.75 Å². The lowest BCUT2D eigenvalue weighted by Gasteiger charge is -2.16. The minimum absolute atomic E-state index is 0.119. The van der Waals surface area contributed by atoms with Gasteiger partial charge in [-0.3, -0.25) is 4.79 Å². The molecule has 1 aromatic rings. The largest absolute Gasteiger partial charge is 0.432 e. The van der Waals surface area contributed by atoms with Crippen LogP contribution in [0.4, 0.5) is 14.5 Å². The van der Waals surface area contributed by atoms with Gasteiger partial charge < -0.3 is 15.8 Å². The lowest BCUT2D eigenvalue weighted by Crippen LogP contribution is -2.31. The summed E-state index contributed by atoms with van der Waals surface area (Å²) in [6, 6.07) is 2.28. The number of carbonyl (C=O) groups excluding carboxylic acids is 1. The Morgan fingerprint density at radius 2 is 1.86 bits per heavy atom. The van der Waals surface area contributed by atoms with Crippen molar-refractivity contribution in [3.05, 3.63) is 22.2 Å². The van der Waals surface area contributed by atoms with Gasteiger partial charge in [0.05, 0.1) is 10.0 Å². The van der Waals surface area contributed by atoms with Gasteiger partial charge in [-0.05, 0) is 18.1 Å². The molecular weight excluding hydrogens is 325 g/mol. The second-order valence-corrected chi connectivity index (χ2v) is 5.62. The van der Waals surface area contributed by atoms with E-state index in [-0.39, 0.29) is 45.8 Å². The molecule has 1 aromatic carbocycles. The van der Waals surface area contributed by atoms with E-state index in [4.69, 9.17) is 28.9 Å². The Bertz CT molecular complexity index is 490. The van der Waals surface area contributed by atoms with Crippen LogP contribution in [0.5, 0.6) is 5.75 Å². The van der Waals surface area contributed by atoms with Gasteiger partial charge in [-0.15, -0.1) is 0 Å². The number of hydrogen-bond donors (Lipinski definition) is 2. The van der Waals surface area contributed by atoms with Crippen LogP contribution in [0.25, 0.3) is 0 Å². The smallest absolute Gasteiger partial charge is 0.387 e. The van der Waals surface area contributed by atoms with Gasteiger partial charge in [0, 0.05) is 18.2 Å². The molecule has 1 amide bonds. The molecular formula is C13H16Cl2F2N2O2. The molecule has 0 bridgehead atoms. The summed E-state index contributed by atoms with van der Waals surface area (Å²) in [5, 5.41) is 2.32. The summed E-state index contributed by atoms with van der Waals surface area (Å²) < 4.78 is 28.6. The highest BCUT2D eigenvalue weighted by Crippen LogP contribution is 2.37. The van der Waals surface area contributed by atoms with Crippen molar-refractivity contribution in [1.29, 1.82) is 0 Å². The highest BCUT2D eigenvalue weighted by molar-refractivity contribution is 6.37. The summed E-state index contributed by atoms with van der Waals surface area (Å²) >= 11 is 11.6. The molecule has 0 saturated heterocycles. The van der Waals surface area contributed by atoms with Crippen LogP contribution in [0.15, 0.2) is 12.1 Å². The van der Waals surface area contributed by atoms with Crippen LogP contribution < -0.4 is 15.8 Å². The average Bonchev–Trinajstić information content (AvgIpc) is 2.33. The highest BCUT2D eigenvalue weighted by atomic mass is 35.5. The first kappa shape index (κ1) is 17.9. The normalized spacial score (nSPS) is 12.6. The number of carbonyl (C=O) groups is 1. The molecule has 0 aliphatic carbocycles. The Balaban J connectivity index is 2.79. The molecule has 0 aliphatic heterocycles. The Kier molecular flexibility index (Phi) is 6.64. The Morgan fingerprint density at radius 1 is 1.33 bits per heavy atom. The number of rotatable bonds is 6. The first-order chi connectivity index (χ1) is 9.70. The molecule has 0 fully saturated rings. The molecule has 1 rings (SSSR count). The number of benzene rings is 1. The zero-order valence-corrected chi connectivity index (χ0v) is 13.0. The van der Waals surface area contributed by atoms with Crippen LogP contribution in [-0.2, 0) is 4.79 Å². The quantitative estimate of drug-likeness (QED) is 0.825. The van der Waals surface area contributed by atoms with Crippen LogP contribution >= 0.6 is 23.2 Å². The van der Waals surface area contributed by atoms with E-state index in [2.05, 4.69) is 10.1 Å². The lowest BCUT2D eigenvalue weighted by atomic mass is 10.0. The number of amides is 1. The molecule has 4 nitrogen and oxygen atoms in total. The highest BCUT2D eigenvalue weighted by Gasteiger charge is 2.17. The predicted octanol–water partition coefficient (Wildman–Crippen LogP) is 3.91. The van der Waals surface area contributed by atoms with E-state index in [9.17, 15) is 13.6 Å². The zero-order chi connectivity index (χ0) is 16.2.